The van der Waals surface area contributed by atoms with E-state index in [-0.39, 0.29) is 11.7 Å². The molecule has 0 aromatic heterocycles. The highest BCUT2D eigenvalue weighted by Crippen LogP contribution is 2.26. The number of carbonyl (C=O) groups excluding carboxylic acids is 1. The van der Waals surface area contributed by atoms with E-state index in [0.29, 0.717) is 0 Å². The van der Waals surface area contributed by atoms with Crippen LogP contribution in [0.15, 0.2) is 0 Å². The van der Waals surface area contributed by atoms with Crippen molar-refractivity contribution < 1.29 is 14.3 Å². The maximum absolute atomic E-state index is 12.1. The second kappa shape index (κ2) is 7.30. The Morgan fingerprint density at radius 3 is 2.50 bits per heavy atom. The lowest BCUT2D eigenvalue weighted by Gasteiger charge is -2.33. The average molecular weight is 283 g/mol. The number of rotatable bonds is 4. The van der Waals surface area contributed by atoms with Gasteiger partial charge in [0.2, 0.25) is 0 Å². The lowest BCUT2D eigenvalue weighted by atomic mass is 9.90. The predicted octanol–water partition coefficient (Wildman–Crippen LogP) is 3.59. The van der Waals surface area contributed by atoms with Crippen LogP contribution in [0.25, 0.3) is 0 Å². The summed E-state index contributed by atoms with van der Waals surface area (Å²) in [6.45, 7) is 7.56. The van der Waals surface area contributed by atoms with Crippen molar-refractivity contribution in [3.63, 3.8) is 0 Å². The molecule has 2 saturated heterocycles. The number of carbonyl (C=O) groups is 1. The van der Waals surface area contributed by atoms with Gasteiger partial charge in [0.25, 0.3) is 0 Å². The molecule has 2 heterocycles. The molecule has 0 aromatic carbocycles. The molecule has 0 atom stereocenters. The first-order chi connectivity index (χ1) is 9.57. The maximum Gasteiger partial charge on any atom is 0.410 e. The number of amides is 1. The van der Waals surface area contributed by atoms with Crippen LogP contribution in [0.5, 0.6) is 0 Å². The van der Waals surface area contributed by atoms with Crippen LogP contribution in [0.1, 0.15) is 58.8 Å². The van der Waals surface area contributed by atoms with Gasteiger partial charge in [-0.1, -0.05) is 0 Å². The summed E-state index contributed by atoms with van der Waals surface area (Å²) in [4.78, 5) is 14.0. The summed E-state index contributed by atoms with van der Waals surface area (Å²) < 4.78 is 11.1. The minimum atomic E-state index is -0.354. The summed E-state index contributed by atoms with van der Waals surface area (Å²) in [6.07, 6.45) is 7.70. The molecule has 2 aliphatic rings. The lowest BCUT2D eigenvalue weighted by Crippen LogP contribution is -2.41. The van der Waals surface area contributed by atoms with Gasteiger partial charge >= 0.3 is 6.09 Å². The topological polar surface area (TPSA) is 38.8 Å². The molecule has 0 aromatic rings. The SMILES string of the molecule is CC(C)(CCC1CCOCC1)OC(=O)N1CCCCC1. The fraction of sp³-hybridized carbons (Fsp3) is 0.938. The summed E-state index contributed by atoms with van der Waals surface area (Å²) >= 11 is 0. The summed E-state index contributed by atoms with van der Waals surface area (Å²) in [5, 5.41) is 0. The van der Waals surface area contributed by atoms with Gasteiger partial charge < -0.3 is 14.4 Å². The standard InChI is InChI=1S/C16H29NO3/c1-16(2,9-6-14-7-12-19-13-8-14)20-15(18)17-10-4-3-5-11-17/h14H,3-13H2,1-2H3. The number of hydrogen-bond acceptors (Lipinski definition) is 3. The fourth-order valence-corrected chi connectivity index (χ4v) is 3.02. The van der Waals surface area contributed by atoms with Crippen LogP contribution < -0.4 is 0 Å². The van der Waals surface area contributed by atoms with E-state index in [1.807, 2.05) is 18.7 Å². The second-order valence-electron chi connectivity index (χ2n) is 6.77. The highest BCUT2D eigenvalue weighted by Gasteiger charge is 2.28. The second-order valence-corrected chi connectivity index (χ2v) is 6.77. The lowest BCUT2D eigenvalue weighted by molar-refractivity contribution is -0.00347. The van der Waals surface area contributed by atoms with Gasteiger partial charge in [-0.25, -0.2) is 4.79 Å². The number of hydrogen-bond donors (Lipinski definition) is 0. The highest BCUT2D eigenvalue weighted by atomic mass is 16.6. The van der Waals surface area contributed by atoms with Crippen molar-refractivity contribution in [1.29, 1.82) is 0 Å². The van der Waals surface area contributed by atoms with Gasteiger partial charge in [-0.15, -0.1) is 0 Å². The quantitative estimate of drug-likeness (QED) is 0.791. The minimum absolute atomic E-state index is 0.123. The number of likely N-dealkylation sites (tertiary alicyclic amines) is 1. The van der Waals surface area contributed by atoms with E-state index < -0.39 is 0 Å². The van der Waals surface area contributed by atoms with Crippen LogP contribution in [0.2, 0.25) is 0 Å². The van der Waals surface area contributed by atoms with Crippen molar-refractivity contribution >= 4 is 6.09 Å². The zero-order chi connectivity index (χ0) is 14.4. The van der Waals surface area contributed by atoms with Crippen LogP contribution in [0.3, 0.4) is 0 Å². The van der Waals surface area contributed by atoms with E-state index in [9.17, 15) is 4.79 Å². The normalized spacial score (nSPS) is 21.8. The zero-order valence-corrected chi connectivity index (χ0v) is 13.0. The third kappa shape index (κ3) is 4.97. The molecule has 20 heavy (non-hydrogen) atoms. The van der Waals surface area contributed by atoms with Gasteiger partial charge in [-0.05, 0) is 64.7 Å². The Hall–Kier alpha value is -0.770. The van der Waals surface area contributed by atoms with Gasteiger partial charge in [0, 0.05) is 26.3 Å². The first kappa shape index (κ1) is 15.6. The molecule has 0 N–H and O–H groups in total. The van der Waals surface area contributed by atoms with Crippen LogP contribution in [0, 0.1) is 5.92 Å². The molecular weight excluding hydrogens is 254 g/mol. The van der Waals surface area contributed by atoms with Crippen LogP contribution in [-0.4, -0.2) is 42.9 Å². The minimum Gasteiger partial charge on any atom is -0.443 e. The van der Waals surface area contributed by atoms with E-state index in [1.54, 1.807) is 0 Å². The predicted molar refractivity (Wildman–Crippen MR) is 78.8 cm³/mol. The first-order valence-electron chi connectivity index (χ1n) is 8.12. The van der Waals surface area contributed by atoms with Gasteiger partial charge in [-0.3, -0.25) is 0 Å². The van der Waals surface area contributed by atoms with Crippen molar-refractivity contribution in [3.8, 4) is 0 Å². The molecule has 0 radical (unpaired) electrons. The Bertz CT molecular complexity index is 305. The summed E-state index contributed by atoms with van der Waals surface area (Å²) in [7, 11) is 0. The van der Waals surface area contributed by atoms with E-state index in [1.165, 1.54) is 6.42 Å². The first-order valence-corrected chi connectivity index (χ1v) is 8.12. The molecule has 0 bridgehead atoms. The van der Waals surface area contributed by atoms with E-state index >= 15 is 0 Å². The molecule has 4 nitrogen and oxygen atoms in total. The summed E-state index contributed by atoms with van der Waals surface area (Å²) in [5.74, 6) is 0.733. The Morgan fingerprint density at radius 1 is 1.20 bits per heavy atom. The fourth-order valence-electron chi connectivity index (χ4n) is 3.02. The average Bonchev–Trinajstić information content (AvgIpc) is 2.47. The monoisotopic (exact) mass is 283 g/mol. The van der Waals surface area contributed by atoms with E-state index in [2.05, 4.69) is 0 Å². The van der Waals surface area contributed by atoms with Crippen molar-refractivity contribution in [2.45, 2.75) is 64.4 Å². The van der Waals surface area contributed by atoms with Gasteiger partial charge in [0.05, 0.1) is 0 Å². The van der Waals surface area contributed by atoms with Gasteiger partial charge in [-0.2, -0.15) is 0 Å². The molecule has 1 amide bonds. The van der Waals surface area contributed by atoms with Gasteiger partial charge in [0.15, 0.2) is 0 Å². The molecule has 2 fully saturated rings. The Kier molecular flexibility index (Phi) is 5.70. The number of ether oxygens (including phenoxy) is 2. The maximum atomic E-state index is 12.1. The Balaban J connectivity index is 1.72. The van der Waals surface area contributed by atoms with E-state index in [0.717, 1.165) is 70.7 Å². The van der Waals surface area contributed by atoms with Gasteiger partial charge in [0.1, 0.15) is 5.60 Å². The highest BCUT2D eigenvalue weighted by molar-refractivity contribution is 5.68. The Morgan fingerprint density at radius 2 is 1.85 bits per heavy atom. The Labute approximate surface area is 122 Å². The molecule has 2 rings (SSSR count). The zero-order valence-electron chi connectivity index (χ0n) is 13.0. The number of piperidine rings is 1. The third-order valence-electron chi connectivity index (χ3n) is 4.47. The van der Waals surface area contributed by atoms with Crippen LogP contribution >= 0.6 is 0 Å². The van der Waals surface area contributed by atoms with Crippen LogP contribution in [-0.2, 0) is 9.47 Å². The molecule has 0 aliphatic carbocycles. The summed E-state index contributed by atoms with van der Waals surface area (Å²) in [5.41, 5.74) is -0.354. The third-order valence-corrected chi connectivity index (χ3v) is 4.47. The largest absolute Gasteiger partial charge is 0.443 e. The van der Waals surface area contributed by atoms with Crippen molar-refractivity contribution in [2.75, 3.05) is 26.3 Å². The molecule has 4 heteroatoms. The van der Waals surface area contributed by atoms with Crippen molar-refractivity contribution in [1.82, 2.24) is 4.90 Å². The van der Waals surface area contributed by atoms with Crippen LogP contribution in [0.4, 0.5) is 4.79 Å². The molecular formula is C16H29NO3. The smallest absolute Gasteiger partial charge is 0.410 e. The van der Waals surface area contributed by atoms with E-state index in [4.69, 9.17) is 9.47 Å². The van der Waals surface area contributed by atoms with Crippen molar-refractivity contribution in [3.05, 3.63) is 0 Å². The van der Waals surface area contributed by atoms with Crippen molar-refractivity contribution in [2.24, 2.45) is 5.92 Å². The summed E-state index contributed by atoms with van der Waals surface area (Å²) in [6, 6.07) is 0. The molecule has 0 saturated carbocycles. The molecule has 2 aliphatic heterocycles. The molecule has 0 spiro atoms. The molecule has 0 unspecified atom stereocenters. The number of nitrogens with zero attached hydrogens (tertiary/aromatic N) is 1. The molecule has 116 valence electrons.